The van der Waals surface area contributed by atoms with Crippen LogP contribution in [0.25, 0.3) is 10.8 Å². The molecule has 1 aromatic heterocycles. The van der Waals surface area contributed by atoms with Crippen molar-refractivity contribution < 1.29 is 4.74 Å². The molecule has 0 fully saturated rings. The van der Waals surface area contributed by atoms with Crippen molar-refractivity contribution in [2.45, 2.75) is 20.0 Å². The topological polar surface area (TPSA) is 42.1 Å². The fraction of sp³-hybridized carbons (Fsp3) is 0.250. The minimum absolute atomic E-state index is 0.0818. The molecule has 0 aliphatic carbocycles. The number of hydrogen-bond acceptors (Lipinski definition) is 2. The summed E-state index contributed by atoms with van der Waals surface area (Å²) in [7, 11) is 0. The fourth-order valence-corrected chi connectivity index (χ4v) is 1.55. The number of aromatic amines is 1. The molecule has 1 heterocycles. The van der Waals surface area contributed by atoms with Crippen LogP contribution in [-0.4, -0.2) is 11.1 Å². The molecule has 0 amide bonds. The summed E-state index contributed by atoms with van der Waals surface area (Å²) in [5.41, 5.74) is -0.0818. The smallest absolute Gasteiger partial charge is 0.255 e. The maximum Gasteiger partial charge on any atom is 0.255 e. The van der Waals surface area contributed by atoms with Crippen LogP contribution in [-0.2, 0) is 0 Å². The Morgan fingerprint density at radius 1 is 1.20 bits per heavy atom. The highest BCUT2D eigenvalue weighted by Gasteiger charge is 2.05. The van der Waals surface area contributed by atoms with Gasteiger partial charge in [0, 0.05) is 11.6 Å². The molecule has 3 nitrogen and oxygen atoms in total. The maximum absolute atomic E-state index is 11.5. The minimum Gasteiger partial charge on any atom is -0.490 e. The third-order valence-electron chi connectivity index (χ3n) is 2.14. The van der Waals surface area contributed by atoms with Gasteiger partial charge in [0.1, 0.15) is 5.75 Å². The van der Waals surface area contributed by atoms with E-state index >= 15 is 0 Å². The Hall–Kier alpha value is -1.77. The summed E-state index contributed by atoms with van der Waals surface area (Å²) in [6, 6.07) is 7.35. The Balaban J connectivity index is 2.66. The summed E-state index contributed by atoms with van der Waals surface area (Å²) in [4.78, 5) is 14.1. The molecule has 0 saturated carbocycles. The van der Waals surface area contributed by atoms with E-state index in [1.807, 2.05) is 32.0 Å². The first-order chi connectivity index (χ1) is 7.18. The van der Waals surface area contributed by atoms with E-state index < -0.39 is 0 Å². The van der Waals surface area contributed by atoms with Crippen molar-refractivity contribution in [3.05, 3.63) is 40.8 Å². The van der Waals surface area contributed by atoms with Crippen LogP contribution in [0.4, 0.5) is 0 Å². The van der Waals surface area contributed by atoms with Gasteiger partial charge in [-0.2, -0.15) is 0 Å². The van der Waals surface area contributed by atoms with Gasteiger partial charge in [0.05, 0.1) is 11.5 Å². The van der Waals surface area contributed by atoms with Crippen LogP contribution in [0.2, 0.25) is 0 Å². The summed E-state index contributed by atoms with van der Waals surface area (Å²) >= 11 is 0. The molecule has 78 valence electrons. The lowest BCUT2D eigenvalue weighted by molar-refractivity contribution is 0.245. The average molecular weight is 203 g/mol. The normalized spacial score (nSPS) is 10.9. The van der Waals surface area contributed by atoms with Crippen LogP contribution in [0.3, 0.4) is 0 Å². The van der Waals surface area contributed by atoms with E-state index in [9.17, 15) is 4.79 Å². The zero-order chi connectivity index (χ0) is 10.8. The van der Waals surface area contributed by atoms with E-state index in [0.717, 1.165) is 11.1 Å². The molecule has 15 heavy (non-hydrogen) atoms. The number of nitrogens with one attached hydrogen (secondary N) is 1. The van der Waals surface area contributed by atoms with Crippen molar-refractivity contribution in [1.82, 2.24) is 4.98 Å². The van der Waals surface area contributed by atoms with E-state index in [1.165, 1.54) is 0 Å². The number of aromatic nitrogens is 1. The van der Waals surface area contributed by atoms with Crippen LogP contribution in [0.15, 0.2) is 35.3 Å². The summed E-state index contributed by atoms with van der Waals surface area (Å²) in [6.45, 7) is 3.93. The predicted molar refractivity (Wildman–Crippen MR) is 60.3 cm³/mol. The van der Waals surface area contributed by atoms with Gasteiger partial charge in [-0.15, -0.1) is 0 Å². The second-order valence-electron chi connectivity index (χ2n) is 3.69. The van der Waals surface area contributed by atoms with Crippen LogP contribution in [0, 0.1) is 0 Å². The summed E-state index contributed by atoms with van der Waals surface area (Å²) in [6.07, 6.45) is 1.74. The number of H-pyrrole nitrogens is 1. The number of hydrogen-bond donors (Lipinski definition) is 1. The molecule has 0 aliphatic heterocycles. The molecular formula is C12H13NO2. The third kappa shape index (κ3) is 1.86. The molecule has 1 aromatic carbocycles. The van der Waals surface area contributed by atoms with Gasteiger partial charge >= 0.3 is 0 Å². The number of pyridine rings is 1. The Kier molecular flexibility index (Phi) is 2.46. The van der Waals surface area contributed by atoms with Crippen molar-refractivity contribution in [1.29, 1.82) is 0 Å². The van der Waals surface area contributed by atoms with E-state index in [0.29, 0.717) is 5.39 Å². The van der Waals surface area contributed by atoms with Crippen molar-refractivity contribution in [2.24, 2.45) is 0 Å². The number of benzene rings is 1. The molecule has 1 N–H and O–H groups in total. The molecule has 0 bridgehead atoms. The summed E-state index contributed by atoms with van der Waals surface area (Å²) in [5, 5.41) is 1.52. The van der Waals surface area contributed by atoms with E-state index in [2.05, 4.69) is 4.98 Å². The standard InChI is InChI=1S/C12H13NO2/c1-8(2)15-11-5-3-4-10-9(11)6-7-13-12(10)14/h3-8H,1-2H3,(H,13,14). The van der Waals surface area contributed by atoms with Crippen LogP contribution < -0.4 is 10.3 Å². The molecule has 0 radical (unpaired) electrons. The predicted octanol–water partition coefficient (Wildman–Crippen LogP) is 2.32. The Morgan fingerprint density at radius 2 is 2.00 bits per heavy atom. The highest BCUT2D eigenvalue weighted by atomic mass is 16.5. The monoisotopic (exact) mass is 203 g/mol. The second kappa shape index (κ2) is 3.77. The molecule has 0 unspecified atom stereocenters. The largest absolute Gasteiger partial charge is 0.490 e. The van der Waals surface area contributed by atoms with Crippen molar-refractivity contribution in [3.63, 3.8) is 0 Å². The van der Waals surface area contributed by atoms with Crippen LogP contribution in [0.5, 0.6) is 5.75 Å². The molecule has 0 aliphatic rings. The van der Waals surface area contributed by atoms with Gasteiger partial charge in [-0.3, -0.25) is 4.79 Å². The van der Waals surface area contributed by atoms with E-state index in [4.69, 9.17) is 4.74 Å². The Morgan fingerprint density at radius 3 is 2.73 bits per heavy atom. The Bertz CT molecular complexity index is 528. The van der Waals surface area contributed by atoms with Crippen molar-refractivity contribution in [2.75, 3.05) is 0 Å². The molecule has 2 rings (SSSR count). The molecule has 0 spiro atoms. The second-order valence-corrected chi connectivity index (χ2v) is 3.69. The minimum atomic E-state index is -0.0818. The van der Waals surface area contributed by atoms with Crippen molar-refractivity contribution >= 4 is 10.8 Å². The van der Waals surface area contributed by atoms with Gasteiger partial charge in [-0.05, 0) is 32.0 Å². The zero-order valence-corrected chi connectivity index (χ0v) is 8.78. The molecule has 3 heteroatoms. The van der Waals surface area contributed by atoms with E-state index in [1.54, 1.807) is 12.3 Å². The first-order valence-electron chi connectivity index (χ1n) is 4.95. The lowest BCUT2D eigenvalue weighted by Crippen LogP contribution is -2.08. The first-order valence-corrected chi connectivity index (χ1v) is 4.95. The van der Waals surface area contributed by atoms with Gasteiger partial charge in [0.15, 0.2) is 0 Å². The SMILES string of the molecule is CC(C)Oc1cccc2c(=O)[nH]ccc12. The summed E-state index contributed by atoms with van der Waals surface area (Å²) in [5.74, 6) is 0.758. The van der Waals surface area contributed by atoms with Gasteiger partial charge in [-0.1, -0.05) is 6.07 Å². The first kappa shape index (κ1) is 9.77. The molecular weight excluding hydrogens is 190 g/mol. The molecule has 0 atom stereocenters. The van der Waals surface area contributed by atoms with Gasteiger partial charge < -0.3 is 9.72 Å². The van der Waals surface area contributed by atoms with E-state index in [-0.39, 0.29) is 11.7 Å². The number of fused-ring (bicyclic) bond motifs is 1. The fourth-order valence-electron chi connectivity index (χ4n) is 1.55. The summed E-state index contributed by atoms with van der Waals surface area (Å²) < 4.78 is 5.63. The number of rotatable bonds is 2. The van der Waals surface area contributed by atoms with Gasteiger partial charge in [0.2, 0.25) is 0 Å². The average Bonchev–Trinajstić information content (AvgIpc) is 2.19. The molecule has 0 saturated heterocycles. The number of ether oxygens (including phenoxy) is 1. The van der Waals surface area contributed by atoms with Crippen LogP contribution >= 0.6 is 0 Å². The maximum atomic E-state index is 11.5. The quantitative estimate of drug-likeness (QED) is 0.813. The van der Waals surface area contributed by atoms with Crippen LogP contribution in [0.1, 0.15) is 13.8 Å². The third-order valence-corrected chi connectivity index (χ3v) is 2.14. The highest BCUT2D eigenvalue weighted by molar-refractivity contribution is 5.87. The highest BCUT2D eigenvalue weighted by Crippen LogP contribution is 2.23. The lowest BCUT2D eigenvalue weighted by atomic mass is 10.1. The zero-order valence-electron chi connectivity index (χ0n) is 8.78. The van der Waals surface area contributed by atoms with Gasteiger partial charge in [-0.25, -0.2) is 0 Å². The molecule has 2 aromatic rings. The van der Waals surface area contributed by atoms with Crippen molar-refractivity contribution in [3.8, 4) is 5.75 Å². The Labute approximate surface area is 87.7 Å². The van der Waals surface area contributed by atoms with Gasteiger partial charge in [0.25, 0.3) is 5.56 Å². The lowest BCUT2D eigenvalue weighted by Gasteiger charge is -2.11.